The predicted molar refractivity (Wildman–Crippen MR) is 97.1 cm³/mol. The number of allylic oxidation sites excluding steroid dienone is 1. The van der Waals surface area contributed by atoms with Gasteiger partial charge in [0.05, 0.1) is 0 Å². The summed E-state index contributed by atoms with van der Waals surface area (Å²) in [5, 5.41) is 7.86. The SMILES string of the molecule is Cc1ccc(C2=CC(c3c(F)cccc3Cl)n3ncnc3N2)cc1C. The number of halogens is 2. The van der Waals surface area contributed by atoms with E-state index < -0.39 is 6.04 Å². The second kappa shape index (κ2) is 6.01. The van der Waals surface area contributed by atoms with Gasteiger partial charge in [-0.3, -0.25) is 0 Å². The summed E-state index contributed by atoms with van der Waals surface area (Å²) in [4.78, 5) is 4.24. The number of hydrogen-bond donors (Lipinski definition) is 1. The largest absolute Gasteiger partial charge is 0.324 e. The Bertz CT molecular complexity index is 973. The van der Waals surface area contributed by atoms with Crippen LogP contribution in [0.15, 0.2) is 48.8 Å². The van der Waals surface area contributed by atoms with Gasteiger partial charge in [0.15, 0.2) is 0 Å². The van der Waals surface area contributed by atoms with Gasteiger partial charge in [-0.05, 0) is 54.8 Å². The maximum absolute atomic E-state index is 14.5. The van der Waals surface area contributed by atoms with Crippen LogP contribution in [-0.2, 0) is 0 Å². The summed E-state index contributed by atoms with van der Waals surface area (Å²) in [6.07, 6.45) is 3.37. The van der Waals surface area contributed by atoms with E-state index in [-0.39, 0.29) is 5.82 Å². The van der Waals surface area contributed by atoms with E-state index in [1.54, 1.807) is 16.8 Å². The van der Waals surface area contributed by atoms with Crippen LogP contribution in [0.5, 0.6) is 0 Å². The Hall–Kier alpha value is -2.66. The Kier molecular flexibility index (Phi) is 3.81. The number of anilines is 1. The summed E-state index contributed by atoms with van der Waals surface area (Å²) in [7, 11) is 0. The van der Waals surface area contributed by atoms with Crippen LogP contribution in [0.2, 0.25) is 5.02 Å². The molecule has 1 unspecified atom stereocenters. The molecule has 1 N–H and O–H groups in total. The van der Waals surface area contributed by atoms with Crippen molar-refractivity contribution in [3.05, 3.63) is 81.9 Å². The van der Waals surface area contributed by atoms with Gasteiger partial charge >= 0.3 is 0 Å². The van der Waals surface area contributed by atoms with Gasteiger partial charge in [-0.1, -0.05) is 29.8 Å². The van der Waals surface area contributed by atoms with E-state index in [1.807, 2.05) is 12.1 Å². The van der Waals surface area contributed by atoms with Crippen molar-refractivity contribution >= 4 is 23.2 Å². The third-order valence-corrected chi connectivity index (χ3v) is 4.85. The zero-order chi connectivity index (χ0) is 17.6. The Labute approximate surface area is 150 Å². The van der Waals surface area contributed by atoms with Gasteiger partial charge in [-0.2, -0.15) is 10.1 Å². The molecular formula is C19H16ClFN4. The van der Waals surface area contributed by atoms with Gasteiger partial charge in [0.1, 0.15) is 18.2 Å². The highest BCUT2D eigenvalue weighted by atomic mass is 35.5. The minimum absolute atomic E-state index is 0.364. The van der Waals surface area contributed by atoms with Crippen molar-refractivity contribution in [1.82, 2.24) is 14.8 Å². The molecule has 0 saturated carbocycles. The fourth-order valence-electron chi connectivity index (χ4n) is 3.01. The molecule has 6 heteroatoms. The van der Waals surface area contributed by atoms with Crippen LogP contribution in [0.25, 0.3) is 5.70 Å². The molecule has 1 aromatic heterocycles. The van der Waals surface area contributed by atoms with Crippen molar-refractivity contribution in [2.45, 2.75) is 19.9 Å². The molecule has 0 radical (unpaired) electrons. The van der Waals surface area contributed by atoms with E-state index in [0.717, 1.165) is 11.3 Å². The molecule has 0 amide bonds. The van der Waals surface area contributed by atoms with Crippen LogP contribution in [0.1, 0.15) is 28.3 Å². The average Bonchev–Trinajstić information content (AvgIpc) is 3.05. The number of benzene rings is 2. The number of hydrogen-bond acceptors (Lipinski definition) is 3. The Balaban J connectivity index is 1.88. The van der Waals surface area contributed by atoms with Gasteiger partial charge in [-0.25, -0.2) is 9.07 Å². The van der Waals surface area contributed by atoms with Gasteiger partial charge in [0.2, 0.25) is 5.95 Å². The van der Waals surface area contributed by atoms with E-state index in [9.17, 15) is 4.39 Å². The molecule has 2 aromatic carbocycles. The van der Waals surface area contributed by atoms with Crippen LogP contribution < -0.4 is 5.32 Å². The highest BCUT2D eigenvalue weighted by molar-refractivity contribution is 6.31. The molecule has 4 rings (SSSR count). The number of aryl methyl sites for hydroxylation is 2. The Morgan fingerprint density at radius 1 is 1.16 bits per heavy atom. The highest BCUT2D eigenvalue weighted by Crippen LogP contribution is 2.36. The minimum atomic E-state index is -0.468. The van der Waals surface area contributed by atoms with Crippen molar-refractivity contribution in [2.24, 2.45) is 0 Å². The lowest BCUT2D eigenvalue weighted by atomic mass is 9.99. The predicted octanol–water partition coefficient (Wildman–Crippen LogP) is 4.74. The third kappa shape index (κ3) is 2.70. The van der Waals surface area contributed by atoms with Gasteiger partial charge in [0, 0.05) is 16.3 Å². The minimum Gasteiger partial charge on any atom is -0.324 e. The molecule has 1 atom stereocenters. The van der Waals surface area contributed by atoms with Crippen LogP contribution in [0, 0.1) is 19.7 Å². The van der Waals surface area contributed by atoms with Crippen molar-refractivity contribution in [1.29, 1.82) is 0 Å². The van der Waals surface area contributed by atoms with Crippen molar-refractivity contribution < 1.29 is 4.39 Å². The first-order chi connectivity index (χ1) is 12.0. The fraction of sp³-hybridized carbons (Fsp3) is 0.158. The standard InChI is InChI=1S/C19H16ClFN4/c1-11-6-7-13(8-12(11)2)16-9-17(25-19(24-16)22-10-23-25)18-14(20)4-3-5-15(18)21/h3-10,17H,1-2H3,(H,22,23,24). The van der Waals surface area contributed by atoms with Gasteiger partial charge in [0.25, 0.3) is 0 Å². The summed E-state index contributed by atoms with van der Waals surface area (Å²) in [5.74, 6) is 0.191. The molecule has 25 heavy (non-hydrogen) atoms. The van der Waals surface area contributed by atoms with Crippen molar-refractivity contribution in [2.75, 3.05) is 5.32 Å². The summed E-state index contributed by atoms with van der Waals surface area (Å²) in [6, 6.07) is 10.4. The zero-order valence-corrected chi connectivity index (χ0v) is 14.5. The first-order valence-electron chi connectivity index (χ1n) is 7.94. The Morgan fingerprint density at radius 3 is 2.76 bits per heavy atom. The maximum Gasteiger partial charge on any atom is 0.226 e. The van der Waals surface area contributed by atoms with Crippen molar-refractivity contribution in [3.63, 3.8) is 0 Å². The summed E-state index contributed by atoms with van der Waals surface area (Å²) < 4.78 is 16.1. The lowest BCUT2D eigenvalue weighted by Crippen LogP contribution is -2.21. The number of nitrogens with one attached hydrogen (secondary N) is 1. The zero-order valence-electron chi connectivity index (χ0n) is 13.8. The van der Waals surface area contributed by atoms with Gasteiger partial charge < -0.3 is 5.32 Å². The van der Waals surface area contributed by atoms with Gasteiger partial charge in [-0.15, -0.1) is 0 Å². The Morgan fingerprint density at radius 2 is 2.00 bits per heavy atom. The van der Waals surface area contributed by atoms with E-state index in [2.05, 4.69) is 41.4 Å². The molecule has 126 valence electrons. The van der Waals surface area contributed by atoms with Crippen LogP contribution in [-0.4, -0.2) is 14.8 Å². The van der Waals surface area contributed by atoms with Crippen LogP contribution >= 0.6 is 11.6 Å². The number of fused-ring (bicyclic) bond motifs is 1. The normalized spacial score (nSPS) is 16.2. The fourth-order valence-corrected chi connectivity index (χ4v) is 3.28. The van der Waals surface area contributed by atoms with Crippen LogP contribution in [0.4, 0.5) is 10.3 Å². The smallest absolute Gasteiger partial charge is 0.226 e. The van der Waals surface area contributed by atoms with E-state index in [1.165, 1.54) is 23.5 Å². The number of nitrogens with zero attached hydrogens (tertiary/aromatic N) is 3. The highest BCUT2D eigenvalue weighted by Gasteiger charge is 2.27. The number of rotatable bonds is 2. The molecule has 1 aliphatic heterocycles. The van der Waals surface area contributed by atoms with E-state index in [0.29, 0.717) is 16.5 Å². The molecule has 0 spiro atoms. The first kappa shape index (κ1) is 15.8. The molecule has 4 nitrogen and oxygen atoms in total. The molecule has 0 aliphatic carbocycles. The molecule has 2 heterocycles. The first-order valence-corrected chi connectivity index (χ1v) is 8.32. The molecule has 0 saturated heterocycles. The third-order valence-electron chi connectivity index (χ3n) is 4.52. The molecule has 0 bridgehead atoms. The van der Waals surface area contributed by atoms with Crippen LogP contribution in [0.3, 0.4) is 0 Å². The molecule has 3 aromatic rings. The maximum atomic E-state index is 14.5. The summed E-state index contributed by atoms with van der Waals surface area (Å²) >= 11 is 6.28. The lowest BCUT2D eigenvalue weighted by Gasteiger charge is -2.25. The second-order valence-corrected chi connectivity index (χ2v) is 6.52. The van der Waals surface area contributed by atoms with E-state index >= 15 is 0 Å². The quantitative estimate of drug-likeness (QED) is 0.722. The summed E-state index contributed by atoms with van der Waals surface area (Å²) in [6.45, 7) is 4.14. The monoisotopic (exact) mass is 354 g/mol. The van der Waals surface area contributed by atoms with Crippen molar-refractivity contribution in [3.8, 4) is 0 Å². The lowest BCUT2D eigenvalue weighted by molar-refractivity contribution is 0.551. The number of aromatic nitrogens is 3. The molecular weight excluding hydrogens is 339 g/mol. The topological polar surface area (TPSA) is 42.7 Å². The molecule has 0 fully saturated rings. The van der Waals surface area contributed by atoms with E-state index in [4.69, 9.17) is 11.6 Å². The average molecular weight is 355 g/mol. The second-order valence-electron chi connectivity index (χ2n) is 6.11. The summed E-state index contributed by atoms with van der Waals surface area (Å²) in [5.41, 5.74) is 4.66. The molecule has 1 aliphatic rings.